The van der Waals surface area contributed by atoms with E-state index in [1.54, 1.807) is 0 Å². The van der Waals surface area contributed by atoms with Crippen molar-refractivity contribution in [3.63, 3.8) is 0 Å². The maximum atomic E-state index is 10.8. The molecule has 0 N–H and O–H groups in total. The number of esters is 1. The quantitative estimate of drug-likeness (QED) is 0.370. The first kappa shape index (κ1) is 13.7. The van der Waals surface area contributed by atoms with E-state index in [2.05, 4.69) is 24.4 Å². The Morgan fingerprint density at radius 3 is 2.14 bits per heavy atom. The average Bonchev–Trinajstić information content (AvgIpc) is 2.08. The molecule has 0 spiro atoms. The summed E-state index contributed by atoms with van der Waals surface area (Å²) < 4.78 is 4.58. The van der Waals surface area contributed by atoms with Crippen LogP contribution in [0.4, 0.5) is 0 Å². The topological polar surface area (TPSA) is 26.3 Å². The molecular formula is C11H24O2Si. The van der Waals surface area contributed by atoms with Gasteiger partial charge < -0.3 is 4.74 Å². The highest BCUT2D eigenvalue weighted by Crippen LogP contribution is 2.15. The second-order valence-corrected chi connectivity index (χ2v) is 10.7. The van der Waals surface area contributed by atoms with Gasteiger partial charge in [-0.2, -0.15) is 0 Å². The molecule has 0 unspecified atom stereocenters. The molecule has 0 saturated carbocycles. The molecule has 0 amide bonds. The zero-order valence-electron chi connectivity index (χ0n) is 10.1. The Morgan fingerprint density at radius 1 is 1.07 bits per heavy atom. The number of methoxy groups -OCH3 is 1. The van der Waals surface area contributed by atoms with Crippen LogP contribution in [-0.4, -0.2) is 21.2 Å². The van der Waals surface area contributed by atoms with Crippen LogP contribution >= 0.6 is 0 Å². The molecule has 14 heavy (non-hydrogen) atoms. The zero-order valence-corrected chi connectivity index (χ0v) is 11.1. The van der Waals surface area contributed by atoms with Crippen LogP contribution in [0.25, 0.3) is 0 Å². The van der Waals surface area contributed by atoms with E-state index in [1.807, 2.05) is 0 Å². The standard InChI is InChI=1S/C11H24O2Si/c1-13-11(12)9-7-5-6-8-10-14(2,3)4/h5-10H2,1-4H3. The molecule has 0 aromatic carbocycles. The van der Waals surface area contributed by atoms with Crippen molar-refractivity contribution in [2.45, 2.75) is 57.8 Å². The Hall–Kier alpha value is -0.313. The highest BCUT2D eigenvalue weighted by Gasteiger charge is 2.11. The fraction of sp³-hybridized carbons (Fsp3) is 0.909. The normalized spacial score (nSPS) is 11.4. The van der Waals surface area contributed by atoms with Crippen LogP contribution < -0.4 is 0 Å². The Morgan fingerprint density at radius 2 is 1.64 bits per heavy atom. The Bertz CT molecular complexity index is 161. The lowest BCUT2D eigenvalue weighted by Crippen LogP contribution is -2.18. The van der Waals surface area contributed by atoms with E-state index in [1.165, 1.54) is 32.4 Å². The lowest BCUT2D eigenvalue weighted by Gasteiger charge is -2.14. The summed E-state index contributed by atoms with van der Waals surface area (Å²) in [6.45, 7) is 7.21. The fourth-order valence-electron chi connectivity index (χ4n) is 1.38. The van der Waals surface area contributed by atoms with E-state index in [4.69, 9.17) is 0 Å². The molecule has 84 valence electrons. The Kier molecular flexibility index (Phi) is 6.88. The van der Waals surface area contributed by atoms with Crippen molar-refractivity contribution < 1.29 is 9.53 Å². The molecule has 3 heteroatoms. The lowest BCUT2D eigenvalue weighted by molar-refractivity contribution is -0.140. The minimum Gasteiger partial charge on any atom is -0.469 e. The maximum absolute atomic E-state index is 10.8. The first-order chi connectivity index (χ1) is 6.45. The van der Waals surface area contributed by atoms with Gasteiger partial charge in [0.2, 0.25) is 0 Å². The molecule has 0 fully saturated rings. The van der Waals surface area contributed by atoms with Gasteiger partial charge in [-0.3, -0.25) is 4.79 Å². The third-order valence-corrected chi connectivity index (χ3v) is 4.14. The number of ether oxygens (including phenoxy) is 1. The van der Waals surface area contributed by atoms with Gasteiger partial charge in [-0.25, -0.2) is 0 Å². The summed E-state index contributed by atoms with van der Waals surface area (Å²) in [5.74, 6) is -0.0739. The summed E-state index contributed by atoms with van der Waals surface area (Å²) in [6, 6.07) is 1.41. The SMILES string of the molecule is COC(=O)CCCCCC[Si](C)(C)C. The molecule has 0 heterocycles. The van der Waals surface area contributed by atoms with E-state index >= 15 is 0 Å². The summed E-state index contributed by atoms with van der Waals surface area (Å²) >= 11 is 0. The molecule has 0 radical (unpaired) electrons. The van der Waals surface area contributed by atoms with E-state index in [0.717, 1.165) is 6.42 Å². The van der Waals surface area contributed by atoms with Crippen molar-refractivity contribution in [2.24, 2.45) is 0 Å². The van der Waals surface area contributed by atoms with E-state index in [-0.39, 0.29) is 5.97 Å². The van der Waals surface area contributed by atoms with Gasteiger partial charge in [-0.05, 0) is 6.42 Å². The third-order valence-electron chi connectivity index (χ3n) is 2.29. The molecule has 2 nitrogen and oxygen atoms in total. The van der Waals surface area contributed by atoms with Crippen LogP contribution in [0.15, 0.2) is 0 Å². The van der Waals surface area contributed by atoms with Gasteiger partial charge in [0.15, 0.2) is 0 Å². The minimum atomic E-state index is -0.838. The van der Waals surface area contributed by atoms with Crippen LogP contribution in [0.2, 0.25) is 25.7 Å². The molecule has 0 aliphatic rings. The van der Waals surface area contributed by atoms with Gasteiger partial charge in [-0.15, -0.1) is 0 Å². The summed E-state index contributed by atoms with van der Waals surface area (Å²) in [4.78, 5) is 10.8. The summed E-state index contributed by atoms with van der Waals surface area (Å²) in [5.41, 5.74) is 0. The van der Waals surface area contributed by atoms with Crippen molar-refractivity contribution in [2.75, 3.05) is 7.11 Å². The lowest BCUT2D eigenvalue weighted by atomic mass is 10.1. The Balaban J connectivity index is 3.18. The Labute approximate surface area is 89.0 Å². The number of hydrogen-bond donors (Lipinski definition) is 0. The van der Waals surface area contributed by atoms with Gasteiger partial charge in [0, 0.05) is 14.5 Å². The molecule has 0 aromatic rings. The van der Waals surface area contributed by atoms with E-state index in [0.29, 0.717) is 6.42 Å². The minimum absolute atomic E-state index is 0.0739. The molecule has 0 rings (SSSR count). The summed E-state index contributed by atoms with van der Waals surface area (Å²) in [7, 11) is 0.614. The molecule has 0 aliphatic carbocycles. The zero-order chi connectivity index (χ0) is 11.0. The smallest absolute Gasteiger partial charge is 0.305 e. The van der Waals surface area contributed by atoms with Crippen molar-refractivity contribution in [3.05, 3.63) is 0 Å². The van der Waals surface area contributed by atoms with Gasteiger partial charge >= 0.3 is 5.97 Å². The fourth-order valence-corrected chi connectivity index (χ4v) is 2.69. The molecular weight excluding hydrogens is 192 g/mol. The van der Waals surface area contributed by atoms with Crippen molar-refractivity contribution >= 4 is 14.0 Å². The summed E-state index contributed by atoms with van der Waals surface area (Å²) in [6.07, 6.45) is 5.33. The molecule has 0 bridgehead atoms. The monoisotopic (exact) mass is 216 g/mol. The van der Waals surface area contributed by atoms with Gasteiger partial charge in [0.1, 0.15) is 0 Å². The molecule has 0 saturated heterocycles. The van der Waals surface area contributed by atoms with Crippen molar-refractivity contribution in [1.82, 2.24) is 0 Å². The number of carbonyl (C=O) groups is 1. The second-order valence-electron chi connectivity index (χ2n) is 5.05. The first-order valence-corrected chi connectivity index (χ1v) is 9.23. The number of hydrogen-bond acceptors (Lipinski definition) is 2. The van der Waals surface area contributed by atoms with Crippen LogP contribution in [-0.2, 0) is 9.53 Å². The molecule has 0 atom stereocenters. The van der Waals surface area contributed by atoms with Crippen molar-refractivity contribution in [3.8, 4) is 0 Å². The largest absolute Gasteiger partial charge is 0.469 e. The number of unbranched alkanes of at least 4 members (excludes halogenated alkanes) is 3. The number of carbonyl (C=O) groups excluding carboxylic acids is 1. The average molecular weight is 216 g/mol. The van der Waals surface area contributed by atoms with Crippen LogP contribution in [0.1, 0.15) is 32.1 Å². The van der Waals surface area contributed by atoms with Gasteiger partial charge in [0.25, 0.3) is 0 Å². The maximum Gasteiger partial charge on any atom is 0.305 e. The van der Waals surface area contributed by atoms with Crippen LogP contribution in [0.3, 0.4) is 0 Å². The molecule has 0 aliphatic heterocycles. The van der Waals surface area contributed by atoms with Gasteiger partial charge in [0.05, 0.1) is 7.11 Å². The van der Waals surface area contributed by atoms with Gasteiger partial charge in [-0.1, -0.05) is 44.9 Å². The predicted octanol–water partition coefficient (Wildman–Crippen LogP) is 3.45. The summed E-state index contributed by atoms with van der Waals surface area (Å²) in [5, 5.41) is 0. The first-order valence-electron chi connectivity index (χ1n) is 5.52. The third kappa shape index (κ3) is 9.77. The van der Waals surface area contributed by atoms with Crippen LogP contribution in [0, 0.1) is 0 Å². The highest BCUT2D eigenvalue weighted by molar-refractivity contribution is 6.76. The van der Waals surface area contributed by atoms with E-state index < -0.39 is 8.07 Å². The van der Waals surface area contributed by atoms with E-state index in [9.17, 15) is 4.79 Å². The van der Waals surface area contributed by atoms with Crippen LogP contribution in [0.5, 0.6) is 0 Å². The predicted molar refractivity (Wildman–Crippen MR) is 63.3 cm³/mol. The number of rotatable bonds is 7. The molecule has 0 aromatic heterocycles. The van der Waals surface area contributed by atoms with Crippen molar-refractivity contribution in [1.29, 1.82) is 0 Å². The highest BCUT2D eigenvalue weighted by atomic mass is 28.3. The second kappa shape index (κ2) is 7.04.